The maximum atomic E-state index is 12.4. The molecule has 3 aromatic carbocycles. The van der Waals surface area contributed by atoms with Crippen molar-refractivity contribution in [3.63, 3.8) is 0 Å². The first-order chi connectivity index (χ1) is 13.1. The van der Waals surface area contributed by atoms with Crippen molar-refractivity contribution in [2.24, 2.45) is 0 Å². The topological polar surface area (TPSA) is 67.4 Å². The van der Waals surface area contributed by atoms with Gasteiger partial charge in [0.2, 0.25) is 0 Å². The van der Waals surface area contributed by atoms with Crippen LogP contribution in [-0.4, -0.2) is 18.4 Å². The molecule has 0 saturated carbocycles. The first kappa shape index (κ1) is 18.2. The molecule has 27 heavy (non-hydrogen) atoms. The molecule has 0 aliphatic rings. The predicted molar refractivity (Wildman–Crippen MR) is 106 cm³/mol. The number of rotatable bonds is 6. The molecule has 0 aromatic heterocycles. The molecule has 2 N–H and O–H groups in total. The molecule has 2 amide bonds. The SMILES string of the molecule is Cc1ccccc1C(=O)Nc1cccc(NC(=O)COc2ccccc2)c1. The van der Waals surface area contributed by atoms with Crippen LogP contribution in [0.4, 0.5) is 11.4 Å². The molecule has 0 bridgehead atoms. The minimum Gasteiger partial charge on any atom is -0.484 e. The zero-order valence-corrected chi connectivity index (χ0v) is 14.9. The lowest BCUT2D eigenvalue weighted by molar-refractivity contribution is -0.118. The summed E-state index contributed by atoms with van der Waals surface area (Å²) >= 11 is 0. The number of anilines is 2. The number of aryl methyl sites for hydroxylation is 1. The second kappa shape index (κ2) is 8.67. The van der Waals surface area contributed by atoms with E-state index in [2.05, 4.69) is 10.6 Å². The van der Waals surface area contributed by atoms with Crippen LogP contribution in [-0.2, 0) is 4.79 Å². The molecule has 5 heteroatoms. The summed E-state index contributed by atoms with van der Waals surface area (Å²) in [5.41, 5.74) is 2.70. The first-order valence-corrected chi connectivity index (χ1v) is 8.56. The van der Waals surface area contributed by atoms with Gasteiger partial charge in [-0.05, 0) is 48.9 Å². The van der Waals surface area contributed by atoms with E-state index < -0.39 is 0 Å². The molecule has 0 radical (unpaired) electrons. The van der Waals surface area contributed by atoms with E-state index in [-0.39, 0.29) is 18.4 Å². The van der Waals surface area contributed by atoms with Crippen LogP contribution in [0.5, 0.6) is 5.75 Å². The number of ether oxygens (including phenoxy) is 1. The van der Waals surface area contributed by atoms with E-state index in [1.54, 1.807) is 42.5 Å². The van der Waals surface area contributed by atoms with Crippen molar-refractivity contribution in [3.8, 4) is 5.75 Å². The van der Waals surface area contributed by atoms with E-state index in [4.69, 9.17) is 4.74 Å². The Morgan fingerprint density at radius 3 is 2.22 bits per heavy atom. The molecule has 0 aliphatic carbocycles. The van der Waals surface area contributed by atoms with Gasteiger partial charge in [0.1, 0.15) is 5.75 Å². The van der Waals surface area contributed by atoms with E-state index in [9.17, 15) is 9.59 Å². The van der Waals surface area contributed by atoms with Crippen molar-refractivity contribution < 1.29 is 14.3 Å². The molecule has 0 saturated heterocycles. The van der Waals surface area contributed by atoms with Gasteiger partial charge in [0.25, 0.3) is 11.8 Å². The van der Waals surface area contributed by atoms with Crippen molar-refractivity contribution >= 4 is 23.2 Å². The number of hydrogen-bond acceptors (Lipinski definition) is 3. The van der Waals surface area contributed by atoms with Crippen molar-refractivity contribution in [2.45, 2.75) is 6.92 Å². The molecule has 3 rings (SSSR count). The van der Waals surface area contributed by atoms with Gasteiger partial charge in [-0.15, -0.1) is 0 Å². The zero-order valence-electron chi connectivity index (χ0n) is 14.9. The van der Waals surface area contributed by atoms with Crippen LogP contribution in [0.3, 0.4) is 0 Å². The Labute approximate surface area is 158 Å². The van der Waals surface area contributed by atoms with Crippen molar-refractivity contribution in [1.29, 1.82) is 0 Å². The van der Waals surface area contributed by atoms with Gasteiger partial charge in [0.15, 0.2) is 6.61 Å². The van der Waals surface area contributed by atoms with Crippen LogP contribution in [0.15, 0.2) is 78.9 Å². The summed E-state index contributed by atoms with van der Waals surface area (Å²) in [5.74, 6) is 0.164. The summed E-state index contributed by atoms with van der Waals surface area (Å²) in [5, 5.41) is 5.61. The molecule has 0 aliphatic heterocycles. The van der Waals surface area contributed by atoms with Crippen molar-refractivity contribution in [2.75, 3.05) is 17.2 Å². The van der Waals surface area contributed by atoms with Gasteiger partial charge in [-0.2, -0.15) is 0 Å². The number of carbonyl (C=O) groups excluding carboxylic acids is 2. The van der Waals surface area contributed by atoms with Crippen LogP contribution in [0.25, 0.3) is 0 Å². The van der Waals surface area contributed by atoms with Gasteiger partial charge < -0.3 is 15.4 Å². The number of hydrogen-bond donors (Lipinski definition) is 2. The Morgan fingerprint density at radius 2 is 1.48 bits per heavy atom. The molecule has 0 heterocycles. The minimum absolute atomic E-state index is 0.0934. The van der Waals surface area contributed by atoms with Gasteiger partial charge >= 0.3 is 0 Å². The lowest BCUT2D eigenvalue weighted by Crippen LogP contribution is -2.20. The summed E-state index contributed by atoms with van der Waals surface area (Å²) in [6.45, 7) is 1.79. The maximum absolute atomic E-state index is 12.4. The molecular formula is C22H20N2O3. The molecule has 5 nitrogen and oxygen atoms in total. The van der Waals surface area contributed by atoms with E-state index in [0.717, 1.165) is 5.56 Å². The molecule has 0 unspecified atom stereocenters. The minimum atomic E-state index is -0.277. The molecular weight excluding hydrogens is 340 g/mol. The average Bonchev–Trinajstić information content (AvgIpc) is 2.68. The van der Waals surface area contributed by atoms with E-state index >= 15 is 0 Å². The summed E-state index contributed by atoms with van der Waals surface area (Å²) in [7, 11) is 0. The van der Waals surface area contributed by atoms with Gasteiger partial charge in [0, 0.05) is 16.9 Å². The molecule has 0 spiro atoms. The fraction of sp³-hybridized carbons (Fsp3) is 0.0909. The summed E-state index contributed by atoms with van der Waals surface area (Å²) < 4.78 is 5.42. The average molecular weight is 360 g/mol. The van der Waals surface area contributed by atoms with Gasteiger partial charge in [-0.25, -0.2) is 0 Å². The maximum Gasteiger partial charge on any atom is 0.262 e. The Bertz CT molecular complexity index is 939. The normalized spacial score (nSPS) is 10.1. The third-order valence-electron chi connectivity index (χ3n) is 3.91. The third kappa shape index (κ3) is 5.19. The molecule has 3 aromatic rings. The fourth-order valence-corrected chi connectivity index (χ4v) is 2.56. The van der Waals surface area contributed by atoms with E-state index in [1.165, 1.54) is 0 Å². The zero-order chi connectivity index (χ0) is 19.1. The second-order valence-electron chi connectivity index (χ2n) is 6.00. The van der Waals surface area contributed by atoms with Crippen LogP contribution in [0.1, 0.15) is 15.9 Å². The highest BCUT2D eigenvalue weighted by atomic mass is 16.5. The summed E-state index contributed by atoms with van der Waals surface area (Å²) in [6, 6.07) is 23.5. The van der Waals surface area contributed by atoms with Crippen LogP contribution < -0.4 is 15.4 Å². The van der Waals surface area contributed by atoms with Crippen LogP contribution >= 0.6 is 0 Å². The number of nitrogens with one attached hydrogen (secondary N) is 2. The Hall–Kier alpha value is -3.60. The summed E-state index contributed by atoms with van der Waals surface area (Å²) in [4.78, 5) is 24.5. The third-order valence-corrected chi connectivity index (χ3v) is 3.91. The largest absolute Gasteiger partial charge is 0.484 e. The smallest absolute Gasteiger partial charge is 0.262 e. The Kier molecular flexibility index (Phi) is 5.84. The lowest BCUT2D eigenvalue weighted by Gasteiger charge is -2.10. The van der Waals surface area contributed by atoms with Crippen molar-refractivity contribution in [1.82, 2.24) is 0 Å². The van der Waals surface area contributed by atoms with Crippen LogP contribution in [0, 0.1) is 6.92 Å². The van der Waals surface area contributed by atoms with E-state index in [0.29, 0.717) is 22.7 Å². The number of carbonyl (C=O) groups is 2. The summed E-state index contributed by atoms with van der Waals surface area (Å²) in [6.07, 6.45) is 0. The van der Waals surface area contributed by atoms with Gasteiger partial charge in [-0.3, -0.25) is 9.59 Å². The van der Waals surface area contributed by atoms with E-state index in [1.807, 2.05) is 43.3 Å². The highest BCUT2D eigenvalue weighted by Crippen LogP contribution is 2.17. The van der Waals surface area contributed by atoms with Gasteiger partial charge in [0.05, 0.1) is 0 Å². The predicted octanol–water partition coefficient (Wildman–Crippen LogP) is 4.26. The molecule has 0 atom stereocenters. The molecule has 0 fully saturated rings. The fourth-order valence-electron chi connectivity index (χ4n) is 2.56. The Morgan fingerprint density at radius 1 is 0.815 bits per heavy atom. The van der Waals surface area contributed by atoms with Gasteiger partial charge in [-0.1, -0.05) is 42.5 Å². The highest BCUT2D eigenvalue weighted by Gasteiger charge is 2.09. The number of para-hydroxylation sites is 1. The standard InChI is InChI=1S/C22H20N2O3/c1-16-8-5-6-13-20(16)22(26)24-18-10-7-9-17(14-18)23-21(25)15-27-19-11-3-2-4-12-19/h2-14H,15H2,1H3,(H,23,25)(H,24,26). The lowest BCUT2D eigenvalue weighted by atomic mass is 10.1. The Balaban J connectivity index is 1.59. The van der Waals surface area contributed by atoms with Crippen LogP contribution in [0.2, 0.25) is 0 Å². The number of amides is 2. The second-order valence-corrected chi connectivity index (χ2v) is 6.00. The highest BCUT2D eigenvalue weighted by molar-refractivity contribution is 6.05. The monoisotopic (exact) mass is 360 g/mol. The number of benzene rings is 3. The quantitative estimate of drug-likeness (QED) is 0.690. The van der Waals surface area contributed by atoms with Crippen molar-refractivity contribution in [3.05, 3.63) is 90.0 Å². The first-order valence-electron chi connectivity index (χ1n) is 8.56. The molecule has 136 valence electrons.